The molecule has 0 aromatic carbocycles. The number of anilines is 3. The van der Waals surface area contributed by atoms with Gasteiger partial charge in [0.15, 0.2) is 5.13 Å². The van der Waals surface area contributed by atoms with Crippen LogP contribution in [0.25, 0.3) is 10.3 Å². The van der Waals surface area contributed by atoms with E-state index in [9.17, 15) is 4.79 Å². The number of nitrogens with one attached hydrogen (secondary N) is 3. The smallest absolute Gasteiger partial charge is 0.245 e. The Morgan fingerprint density at radius 2 is 2.00 bits per heavy atom. The molecule has 3 aromatic rings. The van der Waals surface area contributed by atoms with Crippen LogP contribution < -0.4 is 16.0 Å². The molecular weight excluding hydrogens is 458 g/mol. The van der Waals surface area contributed by atoms with Crippen molar-refractivity contribution in [3.05, 3.63) is 48.7 Å². The lowest BCUT2D eigenvalue weighted by molar-refractivity contribution is -0.126. The van der Waals surface area contributed by atoms with Crippen LogP contribution in [0, 0.1) is 5.41 Å². The van der Waals surface area contributed by atoms with Gasteiger partial charge in [-0.1, -0.05) is 38.7 Å². The first kappa shape index (κ1) is 25.1. The Kier molecular flexibility index (Phi) is 7.66. The lowest BCUT2D eigenvalue weighted by atomic mass is 9.88. The molecule has 0 unspecified atom stereocenters. The maximum Gasteiger partial charge on any atom is 0.245 e. The van der Waals surface area contributed by atoms with Crippen LogP contribution in [0.5, 0.6) is 0 Å². The highest BCUT2D eigenvalue weighted by Gasteiger charge is 2.22. The Morgan fingerprint density at radius 1 is 1.26 bits per heavy atom. The molecule has 1 amide bonds. The molecule has 0 aliphatic carbocycles. The Balaban J connectivity index is 1.51. The molecule has 4 rings (SSSR count). The molecule has 1 aliphatic heterocycles. The van der Waals surface area contributed by atoms with Gasteiger partial charge < -0.3 is 20.9 Å². The number of thiazole rings is 1. The van der Waals surface area contributed by atoms with E-state index in [0.717, 1.165) is 65.2 Å². The van der Waals surface area contributed by atoms with Crippen LogP contribution in [0.2, 0.25) is 0 Å². The number of amides is 1. The average molecular weight is 494 g/mol. The van der Waals surface area contributed by atoms with Gasteiger partial charge in [0.1, 0.15) is 22.0 Å². The van der Waals surface area contributed by atoms with Gasteiger partial charge in [0.05, 0.1) is 0 Å². The Morgan fingerprint density at radius 3 is 2.69 bits per heavy atom. The minimum Gasteiger partial charge on any atom is -0.367 e. The monoisotopic (exact) mass is 493 g/mol. The van der Waals surface area contributed by atoms with Crippen molar-refractivity contribution < 1.29 is 4.79 Å². The molecule has 8 nitrogen and oxygen atoms in total. The zero-order valence-corrected chi connectivity index (χ0v) is 21.8. The van der Waals surface area contributed by atoms with Gasteiger partial charge in [-0.2, -0.15) is 0 Å². The minimum absolute atomic E-state index is 0.000532. The third kappa shape index (κ3) is 6.55. The normalized spacial score (nSPS) is 15.7. The first-order valence-electron chi connectivity index (χ1n) is 12.1. The highest BCUT2D eigenvalue weighted by atomic mass is 32.1. The fourth-order valence-corrected chi connectivity index (χ4v) is 4.73. The molecule has 1 fully saturated rings. The van der Waals surface area contributed by atoms with Gasteiger partial charge in [-0.05, 0) is 61.1 Å². The average Bonchev–Trinajstić information content (AvgIpc) is 3.24. The number of carbonyl (C=O) groups excluding carboxylic acids is 1. The van der Waals surface area contributed by atoms with E-state index in [0.29, 0.717) is 6.04 Å². The highest BCUT2D eigenvalue weighted by molar-refractivity contribution is 7.21. The standard InChI is InChI=1S/C26H35N7OS/c1-6-23(34)33-12-9-19(10-13-33)29-21-14-18(16-28-17(2)26(3,4)5)15-22(31-21)32-25-30-20-8-7-11-27-24(20)35-25/h6-8,11,14-15,17,19,28H,1,9-10,12-13,16H2,2-5H3,(H2,29,30,31,32)/t17-/m1/s1. The van der Waals surface area contributed by atoms with Crippen molar-refractivity contribution in [2.45, 2.75) is 59.2 Å². The molecule has 0 radical (unpaired) electrons. The van der Waals surface area contributed by atoms with E-state index in [2.05, 4.69) is 72.3 Å². The number of rotatable bonds is 8. The summed E-state index contributed by atoms with van der Waals surface area (Å²) in [5.74, 6) is 1.57. The molecule has 1 atom stereocenters. The molecule has 3 N–H and O–H groups in total. The topological polar surface area (TPSA) is 95.1 Å². The summed E-state index contributed by atoms with van der Waals surface area (Å²) in [5.41, 5.74) is 2.18. The lowest BCUT2D eigenvalue weighted by Gasteiger charge is -2.32. The largest absolute Gasteiger partial charge is 0.367 e. The van der Waals surface area contributed by atoms with E-state index < -0.39 is 0 Å². The van der Waals surface area contributed by atoms with E-state index in [4.69, 9.17) is 4.98 Å². The van der Waals surface area contributed by atoms with Gasteiger partial charge in [-0.3, -0.25) is 4.79 Å². The van der Waals surface area contributed by atoms with Crippen molar-refractivity contribution in [1.82, 2.24) is 25.2 Å². The van der Waals surface area contributed by atoms with Crippen molar-refractivity contribution in [2.24, 2.45) is 5.41 Å². The number of aromatic nitrogens is 3. The maximum absolute atomic E-state index is 11.9. The molecule has 186 valence electrons. The molecule has 1 saturated heterocycles. The van der Waals surface area contributed by atoms with Crippen LogP contribution in [-0.2, 0) is 11.3 Å². The number of hydrogen-bond donors (Lipinski definition) is 3. The summed E-state index contributed by atoms with van der Waals surface area (Å²) in [6.45, 7) is 14.7. The number of fused-ring (bicyclic) bond motifs is 1. The Labute approximate surface area is 211 Å². The summed E-state index contributed by atoms with van der Waals surface area (Å²) in [7, 11) is 0. The molecule has 35 heavy (non-hydrogen) atoms. The van der Waals surface area contributed by atoms with E-state index in [1.807, 2.05) is 17.0 Å². The first-order chi connectivity index (χ1) is 16.7. The van der Waals surface area contributed by atoms with Crippen LogP contribution in [0.3, 0.4) is 0 Å². The second-order valence-electron chi connectivity index (χ2n) is 10.1. The van der Waals surface area contributed by atoms with Gasteiger partial charge in [0.25, 0.3) is 0 Å². The first-order valence-corrected chi connectivity index (χ1v) is 12.9. The van der Waals surface area contributed by atoms with Crippen LogP contribution in [0.4, 0.5) is 16.8 Å². The fraction of sp³-hybridized carbons (Fsp3) is 0.462. The van der Waals surface area contributed by atoms with Crippen molar-refractivity contribution in [2.75, 3.05) is 23.7 Å². The van der Waals surface area contributed by atoms with Crippen LogP contribution in [-0.4, -0.2) is 50.9 Å². The Hall–Kier alpha value is -3.04. The van der Waals surface area contributed by atoms with E-state index in [-0.39, 0.29) is 17.4 Å². The molecule has 3 aromatic heterocycles. The van der Waals surface area contributed by atoms with Crippen LogP contribution in [0.15, 0.2) is 43.1 Å². The number of carbonyl (C=O) groups is 1. The van der Waals surface area contributed by atoms with Crippen molar-refractivity contribution in [3.8, 4) is 0 Å². The van der Waals surface area contributed by atoms with Crippen LogP contribution in [0.1, 0.15) is 46.1 Å². The second-order valence-corrected chi connectivity index (χ2v) is 11.1. The fourth-order valence-electron chi connectivity index (χ4n) is 3.92. The number of piperidine rings is 1. The van der Waals surface area contributed by atoms with Crippen LogP contribution >= 0.6 is 11.3 Å². The third-order valence-electron chi connectivity index (χ3n) is 6.53. The van der Waals surface area contributed by atoms with E-state index in [1.165, 1.54) is 17.4 Å². The number of pyridine rings is 2. The predicted octanol–water partition coefficient (Wildman–Crippen LogP) is 4.94. The SMILES string of the molecule is C=CC(=O)N1CCC(Nc2cc(CN[C@H](C)C(C)(C)C)cc(Nc3nc4cccnc4s3)n2)CC1. The molecule has 1 aliphatic rings. The Bertz CT molecular complexity index is 1140. The van der Waals surface area contributed by atoms with E-state index in [1.54, 1.807) is 6.20 Å². The zero-order valence-electron chi connectivity index (χ0n) is 21.0. The maximum atomic E-state index is 11.9. The number of nitrogens with zero attached hydrogens (tertiary/aromatic N) is 4. The van der Waals surface area contributed by atoms with E-state index >= 15 is 0 Å². The van der Waals surface area contributed by atoms with Crippen molar-refractivity contribution in [1.29, 1.82) is 0 Å². The molecule has 0 bridgehead atoms. The predicted molar refractivity (Wildman–Crippen MR) is 144 cm³/mol. The van der Waals surface area contributed by atoms with Gasteiger partial charge >= 0.3 is 0 Å². The molecule has 0 saturated carbocycles. The summed E-state index contributed by atoms with van der Waals surface area (Å²) >= 11 is 1.51. The lowest BCUT2D eigenvalue weighted by Crippen LogP contribution is -2.41. The van der Waals surface area contributed by atoms with Crippen molar-refractivity contribution >= 4 is 44.4 Å². The molecule has 9 heteroatoms. The van der Waals surface area contributed by atoms with Gasteiger partial charge in [0, 0.05) is 37.9 Å². The quantitative estimate of drug-likeness (QED) is 0.383. The van der Waals surface area contributed by atoms with Crippen molar-refractivity contribution in [3.63, 3.8) is 0 Å². The molecular formula is C26H35N7OS. The highest BCUT2D eigenvalue weighted by Crippen LogP contribution is 2.28. The summed E-state index contributed by atoms with van der Waals surface area (Å²) in [6.07, 6.45) is 4.91. The van der Waals surface area contributed by atoms with Gasteiger partial charge in [-0.25, -0.2) is 15.0 Å². The van der Waals surface area contributed by atoms with Gasteiger partial charge in [0.2, 0.25) is 5.91 Å². The number of hydrogen-bond acceptors (Lipinski definition) is 8. The third-order valence-corrected chi connectivity index (χ3v) is 7.43. The zero-order chi connectivity index (χ0) is 25.0. The summed E-state index contributed by atoms with van der Waals surface area (Å²) in [4.78, 5) is 28.5. The summed E-state index contributed by atoms with van der Waals surface area (Å²) in [6, 6.07) is 8.64. The summed E-state index contributed by atoms with van der Waals surface area (Å²) < 4.78 is 0. The molecule has 0 spiro atoms. The summed E-state index contributed by atoms with van der Waals surface area (Å²) in [5, 5.41) is 11.4. The molecule has 4 heterocycles. The number of likely N-dealkylation sites (tertiary alicyclic amines) is 1. The second kappa shape index (κ2) is 10.7. The minimum atomic E-state index is -0.000532. The van der Waals surface area contributed by atoms with Gasteiger partial charge in [-0.15, -0.1) is 0 Å².